The fourth-order valence-corrected chi connectivity index (χ4v) is 4.35. The molecule has 0 spiro atoms. The average Bonchev–Trinajstić information content (AvgIpc) is 3.16. The highest BCUT2D eigenvalue weighted by molar-refractivity contribution is 5.56. The Hall–Kier alpha value is -1.61. The molecule has 3 heterocycles. The van der Waals surface area contributed by atoms with Gasteiger partial charge in [-0.25, -0.2) is 4.79 Å². The van der Waals surface area contributed by atoms with Crippen LogP contribution in [0.3, 0.4) is 0 Å². The van der Waals surface area contributed by atoms with Crippen LogP contribution in [0.25, 0.3) is 0 Å². The zero-order valence-corrected chi connectivity index (χ0v) is 12.9. The van der Waals surface area contributed by atoms with Crippen molar-refractivity contribution in [2.75, 3.05) is 19.6 Å². The fraction of sp³-hybridized carbons (Fsp3) is 0.556. The van der Waals surface area contributed by atoms with E-state index in [1.807, 2.05) is 0 Å². The van der Waals surface area contributed by atoms with Crippen molar-refractivity contribution in [1.82, 2.24) is 15.1 Å². The zero-order valence-electron chi connectivity index (χ0n) is 12.9. The Morgan fingerprint density at radius 2 is 2.09 bits per heavy atom. The fourth-order valence-electron chi connectivity index (χ4n) is 4.35. The maximum Gasteiger partial charge on any atom is 0.147 e. The third-order valence-corrected chi connectivity index (χ3v) is 5.34. The highest BCUT2D eigenvalue weighted by atomic mass is 16.1. The molecule has 3 atom stereocenters. The van der Waals surface area contributed by atoms with Gasteiger partial charge in [-0.1, -0.05) is 30.3 Å². The number of rotatable bonds is 3. The van der Waals surface area contributed by atoms with Crippen LogP contribution in [0, 0.1) is 0 Å². The van der Waals surface area contributed by atoms with Crippen molar-refractivity contribution in [3.8, 4) is 0 Å². The van der Waals surface area contributed by atoms with Crippen molar-refractivity contribution in [3.63, 3.8) is 0 Å². The van der Waals surface area contributed by atoms with Crippen LogP contribution < -0.4 is 5.32 Å². The van der Waals surface area contributed by atoms with E-state index in [0.29, 0.717) is 18.1 Å². The maximum atomic E-state index is 11.1. The van der Waals surface area contributed by atoms with Crippen LogP contribution in [-0.4, -0.2) is 53.5 Å². The number of piperazine rings is 1. The molecule has 1 unspecified atom stereocenters. The maximum absolute atomic E-state index is 11.1. The normalized spacial score (nSPS) is 32.0. The van der Waals surface area contributed by atoms with E-state index in [9.17, 15) is 4.79 Å². The van der Waals surface area contributed by atoms with Gasteiger partial charge in [-0.15, -0.1) is 0 Å². The van der Waals surface area contributed by atoms with Crippen molar-refractivity contribution >= 4 is 5.94 Å². The molecule has 0 amide bonds. The summed E-state index contributed by atoms with van der Waals surface area (Å²) in [6.07, 6.45) is 3.58. The molecule has 3 saturated heterocycles. The topological polar surface area (TPSA) is 35.6 Å². The number of hydrogen-bond donors (Lipinski definition) is 1. The second kappa shape index (κ2) is 5.88. The minimum absolute atomic E-state index is 0.296. The van der Waals surface area contributed by atoms with E-state index in [2.05, 4.69) is 51.4 Å². The Kier molecular flexibility index (Phi) is 3.75. The Bertz CT molecular complexity index is 581. The van der Waals surface area contributed by atoms with E-state index in [0.717, 1.165) is 31.8 Å². The number of benzene rings is 1. The van der Waals surface area contributed by atoms with E-state index in [4.69, 9.17) is 0 Å². The lowest BCUT2D eigenvalue weighted by atomic mass is 10.0. The van der Waals surface area contributed by atoms with Gasteiger partial charge in [0.2, 0.25) is 0 Å². The quantitative estimate of drug-likeness (QED) is 0.856. The molecule has 1 aromatic rings. The molecular formula is C18H23N3O. The second-order valence-corrected chi connectivity index (χ2v) is 6.82. The largest absolute Gasteiger partial charge is 0.374 e. The first-order valence-corrected chi connectivity index (χ1v) is 8.37. The summed E-state index contributed by atoms with van der Waals surface area (Å²) >= 11 is 0. The Balaban J connectivity index is 1.42. The van der Waals surface area contributed by atoms with Crippen molar-refractivity contribution in [3.05, 3.63) is 41.6 Å². The first-order valence-electron chi connectivity index (χ1n) is 8.37. The SMILES string of the molecule is O=C=C1N[C@@H]2C[C@H]1N(C1CCCN(Cc3ccccc3)C1)C2. The molecule has 3 aliphatic heterocycles. The summed E-state index contributed by atoms with van der Waals surface area (Å²) in [6, 6.07) is 12.1. The third-order valence-electron chi connectivity index (χ3n) is 5.34. The number of fused-ring (bicyclic) bond motifs is 2. The average molecular weight is 297 g/mol. The summed E-state index contributed by atoms with van der Waals surface area (Å²) in [6.45, 7) is 4.42. The molecule has 3 fully saturated rings. The van der Waals surface area contributed by atoms with Gasteiger partial charge in [0.1, 0.15) is 11.6 Å². The molecular weight excluding hydrogens is 274 g/mol. The van der Waals surface area contributed by atoms with Crippen LogP contribution in [-0.2, 0) is 11.3 Å². The Morgan fingerprint density at radius 1 is 1.23 bits per heavy atom. The van der Waals surface area contributed by atoms with E-state index in [-0.39, 0.29) is 0 Å². The number of hydrogen-bond acceptors (Lipinski definition) is 4. The molecule has 0 radical (unpaired) electrons. The number of carbonyl (C=O) groups excluding carboxylic acids is 1. The summed E-state index contributed by atoms with van der Waals surface area (Å²) in [7, 11) is 0. The van der Waals surface area contributed by atoms with Crippen LogP contribution in [0.5, 0.6) is 0 Å². The molecule has 22 heavy (non-hydrogen) atoms. The number of piperidine rings is 1. The first kappa shape index (κ1) is 14.0. The standard InChI is InChI=1S/C18H23N3O/c22-13-17-18-9-15(19-17)11-21(18)16-7-4-8-20(12-16)10-14-5-2-1-3-6-14/h1-3,5-6,15-16,18-19H,4,7-12H2/t15-,16?,18-/m1/s1. The third kappa shape index (κ3) is 2.58. The first-order chi connectivity index (χ1) is 10.8. The zero-order chi connectivity index (χ0) is 14.9. The van der Waals surface area contributed by atoms with Gasteiger partial charge in [0.25, 0.3) is 0 Å². The monoisotopic (exact) mass is 297 g/mol. The molecule has 4 nitrogen and oxygen atoms in total. The van der Waals surface area contributed by atoms with Gasteiger partial charge < -0.3 is 5.32 Å². The summed E-state index contributed by atoms with van der Waals surface area (Å²) in [5.41, 5.74) is 2.18. The molecule has 4 rings (SSSR count). The van der Waals surface area contributed by atoms with Gasteiger partial charge >= 0.3 is 0 Å². The van der Waals surface area contributed by atoms with Crippen LogP contribution in [0.4, 0.5) is 0 Å². The highest BCUT2D eigenvalue weighted by Crippen LogP contribution is 2.33. The predicted molar refractivity (Wildman–Crippen MR) is 86.0 cm³/mol. The van der Waals surface area contributed by atoms with Crippen LogP contribution in [0.15, 0.2) is 36.0 Å². The summed E-state index contributed by atoms with van der Waals surface area (Å²) in [4.78, 5) is 16.2. The lowest BCUT2D eigenvalue weighted by molar-refractivity contribution is 0.0853. The second-order valence-electron chi connectivity index (χ2n) is 6.82. The van der Waals surface area contributed by atoms with Crippen molar-refractivity contribution in [2.24, 2.45) is 0 Å². The van der Waals surface area contributed by atoms with Crippen LogP contribution in [0.2, 0.25) is 0 Å². The Morgan fingerprint density at radius 3 is 2.86 bits per heavy atom. The van der Waals surface area contributed by atoms with E-state index in [1.165, 1.54) is 24.9 Å². The molecule has 2 bridgehead atoms. The molecule has 116 valence electrons. The molecule has 1 aromatic carbocycles. The highest BCUT2D eigenvalue weighted by Gasteiger charge is 2.45. The van der Waals surface area contributed by atoms with Crippen molar-refractivity contribution in [2.45, 2.75) is 43.9 Å². The van der Waals surface area contributed by atoms with Gasteiger partial charge in [-0.3, -0.25) is 9.80 Å². The minimum Gasteiger partial charge on any atom is -0.374 e. The lowest BCUT2D eigenvalue weighted by Crippen LogP contribution is -2.53. The Labute approximate surface area is 131 Å². The van der Waals surface area contributed by atoms with E-state index < -0.39 is 0 Å². The van der Waals surface area contributed by atoms with Gasteiger partial charge in [0.15, 0.2) is 0 Å². The molecule has 0 saturated carbocycles. The summed E-state index contributed by atoms with van der Waals surface area (Å²) in [5, 5.41) is 3.30. The molecule has 0 aromatic heterocycles. The van der Waals surface area contributed by atoms with Gasteiger partial charge in [0, 0.05) is 31.7 Å². The van der Waals surface area contributed by atoms with Crippen molar-refractivity contribution in [1.29, 1.82) is 0 Å². The predicted octanol–water partition coefficient (Wildman–Crippen LogP) is 1.41. The van der Waals surface area contributed by atoms with E-state index in [1.54, 1.807) is 0 Å². The van der Waals surface area contributed by atoms with Gasteiger partial charge in [-0.05, 0) is 31.4 Å². The van der Waals surface area contributed by atoms with Crippen molar-refractivity contribution < 1.29 is 4.79 Å². The summed E-state index contributed by atoms with van der Waals surface area (Å²) < 4.78 is 0. The van der Waals surface area contributed by atoms with Gasteiger partial charge in [0.05, 0.1) is 6.04 Å². The number of likely N-dealkylation sites (tertiary alicyclic amines) is 2. The van der Waals surface area contributed by atoms with Crippen LogP contribution >= 0.6 is 0 Å². The minimum atomic E-state index is 0.296. The molecule has 1 N–H and O–H groups in total. The number of nitrogens with zero attached hydrogens (tertiary/aromatic N) is 2. The van der Waals surface area contributed by atoms with Crippen LogP contribution in [0.1, 0.15) is 24.8 Å². The smallest absolute Gasteiger partial charge is 0.147 e. The molecule has 0 aliphatic carbocycles. The molecule has 4 heteroatoms. The summed E-state index contributed by atoms with van der Waals surface area (Å²) in [5.74, 6) is 2.12. The lowest BCUT2D eigenvalue weighted by Gasteiger charge is -2.41. The molecule has 3 aliphatic rings. The van der Waals surface area contributed by atoms with Gasteiger partial charge in [-0.2, -0.15) is 0 Å². The number of nitrogens with one attached hydrogen (secondary N) is 1. The van der Waals surface area contributed by atoms with E-state index >= 15 is 0 Å².